The van der Waals surface area contributed by atoms with Gasteiger partial charge in [-0.05, 0) is 63.8 Å². The van der Waals surface area contributed by atoms with E-state index in [2.05, 4.69) is 20.9 Å². The van der Waals surface area contributed by atoms with Gasteiger partial charge < -0.3 is 26.4 Å². The Balaban J connectivity index is 1.97. The van der Waals surface area contributed by atoms with Crippen molar-refractivity contribution in [1.29, 1.82) is 0 Å². The molecule has 1 aromatic heterocycles. The fourth-order valence-corrected chi connectivity index (χ4v) is 3.00. The topological polar surface area (TPSA) is 135 Å². The van der Waals surface area contributed by atoms with Gasteiger partial charge >= 0.3 is 6.09 Å². The zero-order valence-electron chi connectivity index (χ0n) is 19.6. The van der Waals surface area contributed by atoms with E-state index in [0.29, 0.717) is 18.7 Å². The van der Waals surface area contributed by atoms with Gasteiger partial charge in [0.25, 0.3) is 0 Å². The Kier molecular flexibility index (Phi) is 9.20. The molecule has 2 unspecified atom stereocenters. The lowest BCUT2D eigenvalue weighted by Crippen LogP contribution is -2.53. The predicted molar refractivity (Wildman–Crippen MR) is 126 cm³/mol. The summed E-state index contributed by atoms with van der Waals surface area (Å²) in [4.78, 5) is 41.6. The van der Waals surface area contributed by atoms with Crippen LogP contribution in [0.25, 0.3) is 0 Å². The Hall–Kier alpha value is -3.62. The highest BCUT2D eigenvalue weighted by Gasteiger charge is 2.26. The fraction of sp³-hybridized carbons (Fsp3) is 0.417. The molecule has 0 saturated carbocycles. The molecule has 1 aromatic carbocycles. The number of nitrogens with zero attached hydrogens (tertiary/aromatic N) is 1. The average molecular weight is 456 g/mol. The van der Waals surface area contributed by atoms with Crippen molar-refractivity contribution >= 4 is 23.7 Å². The first kappa shape index (κ1) is 25.6. The molecule has 9 heteroatoms. The molecule has 3 amide bonds. The van der Waals surface area contributed by atoms with Gasteiger partial charge in [0.2, 0.25) is 11.8 Å². The minimum Gasteiger partial charge on any atom is -0.444 e. The average Bonchev–Trinajstić information content (AvgIpc) is 2.74. The van der Waals surface area contributed by atoms with Gasteiger partial charge in [-0.3, -0.25) is 9.59 Å². The number of ether oxygens (including phenoxy) is 1. The standard InChI is InChI=1S/C24H33N5O4/c1-16(21(30)27-15-18-12-13-26-20(25)14-18)28-22(31)19(29-23(32)33-24(2,3)4)11-10-17-8-6-5-7-9-17/h5-9,12-14,16,19H,10-11,15H2,1-4H3,(H2,25,26)(H,27,30)(H,28,31)(H,29,32). The third-order valence-electron chi connectivity index (χ3n) is 4.64. The van der Waals surface area contributed by atoms with Gasteiger partial charge in [-0.15, -0.1) is 0 Å². The number of hydrogen-bond acceptors (Lipinski definition) is 6. The quantitative estimate of drug-likeness (QED) is 0.458. The van der Waals surface area contributed by atoms with Crippen molar-refractivity contribution in [2.45, 2.75) is 64.8 Å². The lowest BCUT2D eigenvalue weighted by Gasteiger charge is -2.24. The number of benzene rings is 1. The molecule has 9 nitrogen and oxygen atoms in total. The Bertz CT molecular complexity index is 943. The molecule has 0 radical (unpaired) electrons. The molecule has 0 spiro atoms. The van der Waals surface area contributed by atoms with Crippen LogP contribution in [0.1, 0.15) is 45.2 Å². The number of aromatic nitrogens is 1. The van der Waals surface area contributed by atoms with E-state index in [4.69, 9.17) is 10.5 Å². The lowest BCUT2D eigenvalue weighted by molar-refractivity contribution is -0.129. The van der Waals surface area contributed by atoms with E-state index in [1.54, 1.807) is 46.0 Å². The second-order valence-corrected chi connectivity index (χ2v) is 8.76. The maximum atomic E-state index is 12.9. The zero-order chi connectivity index (χ0) is 24.4. The zero-order valence-corrected chi connectivity index (χ0v) is 19.6. The number of nitrogens with two attached hydrogens (primary N) is 1. The number of pyridine rings is 1. The van der Waals surface area contributed by atoms with Crippen LogP contribution >= 0.6 is 0 Å². The molecular formula is C24H33N5O4. The van der Waals surface area contributed by atoms with E-state index in [1.165, 1.54) is 0 Å². The summed E-state index contributed by atoms with van der Waals surface area (Å²) < 4.78 is 5.30. The number of alkyl carbamates (subject to hydrolysis) is 1. The Morgan fingerprint density at radius 2 is 1.73 bits per heavy atom. The number of carbonyl (C=O) groups is 3. The summed E-state index contributed by atoms with van der Waals surface area (Å²) in [7, 11) is 0. The summed E-state index contributed by atoms with van der Waals surface area (Å²) in [5.41, 5.74) is 6.77. The summed E-state index contributed by atoms with van der Waals surface area (Å²) in [5.74, 6) is -0.469. The van der Waals surface area contributed by atoms with Gasteiger partial charge in [0, 0.05) is 12.7 Å². The second-order valence-electron chi connectivity index (χ2n) is 8.76. The summed E-state index contributed by atoms with van der Waals surface area (Å²) >= 11 is 0. The molecule has 0 fully saturated rings. The van der Waals surface area contributed by atoms with E-state index in [1.807, 2.05) is 30.3 Å². The number of nitrogens with one attached hydrogen (secondary N) is 3. The van der Waals surface area contributed by atoms with Crippen molar-refractivity contribution in [1.82, 2.24) is 20.9 Å². The van der Waals surface area contributed by atoms with Gasteiger partial charge in [-0.1, -0.05) is 30.3 Å². The third kappa shape index (κ3) is 9.59. The number of amides is 3. The summed E-state index contributed by atoms with van der Waals surface area (Å²) in [6, 6.07) is 11.4. The summed E-state index contributed by atoms with van der Waals surface area (Å²) in [6.45, 7) is 7.06. The second kappa shape index (κ2) is 11.8. The summed E-state index contributed by atoms with van der Waals surface area (Å²) in [5, 5.41) is 8.05. The monoisotopic (exact) mass is 455 g/mol. The molecule has 2 rings (SSSR count). The van der Waals surface area contributed by atoms with Gasteiger partial charge in [-0.2, -0.15) is 0 Å². The van der Waals surface area contributed by atoms with Crippen LogP contribution in [0.3, 0.4) is 0 Å². The van der Waals surface area contributed by atoms with Crippen LogP contribution in [-0.4, -0.2) is 40.6 Å². The fourth-order valence-electron chi connectivity index (χ4n) is 3.00. The lowest BCUT2D eigenvalue weighted by atomic mass is 10.0. The molecule has 33 heavy (non-hydrogen) atoms. The van der Waals surface area contributed by atoms with E-state index >= 15 is 0 Å². The van der Waals surface area contributed by atoms with Crippen molar-refractivity contribution in [3.8, 4) is 0 Å². The minimum absolute atomic E-state index is 0.249. The Labute approximate surface area is 194 Å². The number of nitrogen functional groups attached to an aromatic ring is 1. The van der Waals surface area contributed by atoms with Crippen LogP contribution in [0.4, 0.5) is 10.6 Å². The normalized spacial score (nSPS) is 12.8. The molecule has 0 aliphatic carbocycles. The van der Waals surface area contributed by atoms with Crippen molar-refractivity contribution in [3.63, 3.8) is 0 Å². The Morgan fingerprint density at radius 3 is 2.36 bits per heavy atom. The van der Waals surface area contributed by atoms with Crippen LogP contribution in [0.5, 0.6) is 0 Å². The van der Waals surface area contributed by atoms with Gasteiger partial charge in [0.1, 0.15) is 23.5 Å². The smallest absolute Gasteiger partial charge is 0.408 e. The van der Waals surface area contributed by atoms with Crippen molar-refractivity contribution in [3.05, 3.63) is 59.8 Å². The number of aryl methyl sites for hydroxylation is 1. The number of carbonyl (C=O) groups excluding carboxylic acids is 3. The molecule has 2 aromatic rings. The Morgan fingerprint density at radius 1 is 1.03 bits per heavy atom. The van der Waals surface area contributed by atoms with Crippen LogP contribution in [0, 0.1) is 0 Å². The first-order valence-corrected chi connectivity index (χ1v) is 10.9. The van der Waals surface area contributed by atoms with Crippen LogP contribution in [-0.2, 0) is 27.3 Å². The van der Waals surface area contributed by atoms with E-state index < -0.39 is 29.7 Å². The molecular weight excluding hydrogens is 422 g/mol. The SMILES string of the molecule is CC(NC(=O)C(CCc1ccccc1)NC(=O)OC(C)(C)C)C(=O)NCc1ccnc(N)c1. The molecule has 5 N–H and O–H groups in total. The number of anilines is 1. The number of rotatable bonds is 9. The number of hydrogen-bond donors (Lipinski definition) is 4. The van der Waals surface area contributed by atoms with Crippen LogP contribution in [0.2, 0.25) is 0 Å². The first-order chi connectivity index (χ1) is 15.5. The first-order valence-electron chi connectivity index (χ1n) is 10.9. The van der Waals surface area contributed by atoms with Crippen molar-refractivity contribution in [2.75, 3.05) is 5.73 Å². The maximum Gasteiger partial charge on any atom is 0.408 e. The molecule has 2 atom stereocenters. The van der Waals surface area contributed by atoms with Crippen LogP contribution in [0.15, 0.2) is 48.7 Å². The van der Waals surface area contributed by atoms with E-state index in [-0.39, 0.29) is 12.5 Å². The largest absolute Gasteiger partial charge is 0.444 e. The molecule has 0 aliphatic heterocycles. The molecule has 0 saturated heterocycles. The molecule has 1 heterocycles. The van der Waals surface area contributed by atoms with Crippen LogP contribution < -0.4 is 21.7 Å². The third-order valence-corrected chi connectivity index (χ3v) is 4.64. The van der Waals surface area contributed by atoms with Crippen molar-refractivity contribution < 1.29 is 19.1 Å². The predicted octanol–water partition coefficient (Wildman–Crippen LogP) is 2.31. The minimum atomic E-state index is -0.865. The molecule has 0 aliphatic rings. The highest BCUT2D eigenvalue weighted by Crippen LogP contribution is 2.10. The van der Waals surface area contributed by atoms with Gasteiger partial charge in [0.05, 0.1) is 0 Å². The molecule has 0 bridgehead atoms. The maximum absolute atomic E-state index is 12.9. The van der Waals surface area contributed by atoms with Crippen molar-refractivity contribution in [2.24, 2.45) is 0 Å². The van der Waals surface area contributed by atoms with Gasteiger partial charge in [0.15, 0.2) is 0 Å². The summed E-state index contributed by atoms with van der Waals surface area (Å²) in [6.07, 6.45) is 1.78. The van der Waals surface area contributed by atoms with E-state index in [0.717, 1.165) is 11.1 Å². The van der Waals surface area contributed by atoms with E-state index in [9.17, 15) is 14.4 Å². The van der Waals surface area contributed by atoms with Gasteiger partial charge in [-0.25, -0.2) is 9.78 Å². The highest BCUT2D eigenvalue weighted by molar-refractivity contribution is 5.91. The molecule has 178 valence electrons. The highest BCUT2D eigenvalue weighted by atomic mass is 16.6.